The van der Waals surface area contributed by atoms with Crippen molar-refractivity contribution in [2.24, 2.45) is 0 Å². The topological polar surface area (TPSA) is 25.8 Å². The van der Waals surface area contributed by atoms with E-state index in [9.17, 15) is 0 Å². The van der Waals surface area contributed by atoms with E-state index in [1.165, 1.54) is 6.20 Å². The Balaban J connectivity index is 3.08. The SMILES string of the molecule is Cc1[c]ncc(Cl)n1. The molecular formula is C5H4ClN2. The molecule has 41 valence electrons. The first-order valence-corrected chi connectivity index (χ1v) is 2.53. The van der Waals surface area contributed by atoms with Gasteiger partial charge in [-0.1, -0.05) is 11.6 Å². The Hall–Kier alpha value is -0.630. The first-order valence-electron chi connectivity index (χ1n) is 2.16. The lowest BCUT2D eigenvalue weighted by atomic mass is 10.5. The van der Waals surface area contributed by atoms with Gasteiger partial charge in [0.2, 0.25) is 0 Å². The van der Waals surface area contributed by atoms with Crippen LogP contribution >= 0.6 is 11.6 Å². The molecule has 0 saturated heterocycles. The third-order valence-corrected chi connectivity index (χ3v) is 0.854. The van der Waals surface area contributed by atoms with Crippen LogP contribution in [0.5, 0.6) is 0 Å². The van der Waals surface area contributed by atoms with Crippen LogP contribution in [-0.2, 0) is 0 Å². The number of aromatic nitrogens is 2. The molecule has 1 rings (SSSR count). The molecule has 0 spiro atoms. The van der Waals surface area contributed by atoms with E-state index in [0.29, 0.717) is 5.15 Å². The standard InChI is InChI=1S/C5H4ClN2/c1-4-2-7-3-5(6)8-4/h3H,1H3. The first kappa shape index (κ1) is 5.51. The van der Waals surface area contributed by atoms with Gasteiger partial charge in [-0.3, -0.25) is 0 Å². The minimum Gasteiger partial charge on any atom is -0.249 e. The molecule has 0 atom stereocenters. The highest BCUT2D eigenvalue weighted by molar-refractivity contribution is 6.29. The van der Waals surface area contributed by atoms with Crippen molar-refractivity contribution >= 4 is 11.6 Å². The van der Waals surface area contributed by atoms with Gasteiger partial charge in [0.15, 0.2) is 0 Å². The summed E-state index contributed by atoms with van der Waals surface area (Å²) in [5, 5.41) is 0.418. The molecule has 0 bridgehead atoms. The van der Waals surface area contributed by atoms with E-state index < -0.39 is 0 Å². The largest absolute Gasteiger partial charge is 0.249 e. The molecule has 0 amide bonds. The maximum atomic E-state index is 5.45. The lowest BCUT2D eigenvalue weighted by Gasteiger charge is -1.86. The summed E-state index contributed by atoms with van der Waals surface area (Å²) in [6, 6.07) is 0. The average Bonchev–Trinajstić information content (AvgIpc) is 1.64. The van der Waals surface area contributed by atoms with Crippen LogP contribution < -0.4 is 0 Å². The molecular weight excluding hydrogens is 124 g/mol. The molecule has 0 saturated carbocycles. The quantitative estimate of drug-likeness (QED) is 0.524. The van der Waals surface area contributed by atoms with Crippen molar-refractivity contribution in [3.8, 4) is 0 Å². The van der Waals surface area contributed by atoms with Gasteiger partial charge in [-0.2, -0.15) is 0 Å². The first-order chi connectivity index (χ1) is 3.79. The Morgan fingerprint density at radius 2 is 2.50 bits per heavy atom. The van der Waals surface area contributed by atoms with Crippen molar-refractivity contribution < 1.29 is 0 Å². The zero-order chi connectivity index (χ0) is 5.98. The van der Waals surface area contributed by atoms with Crippen LogP contribution in [0.4, 0.5) is 0 Å². The van der Waals surface area contributed by atoms with Crippen LogP contribution in [0, 0.1) is 13.1 Å². The molecule has 0 fully saturated rings. The highest BCUT2D eigenvalue weighted by Gasteiger charge is 1.86. The van der Waals surface area contributed by atoms with E-state index >= 15 is 0 Å². The predicted molar refractivity (Wildman–Crippen MR) is 30.6 cm³/mol. The summed E-state index contributed by atoms with van der Waals surface area (Å²) in [5.74, 6) is 0. The summed E-state index contributed by atoms with van der Waals surface area (Å²) >= 11 is 5.45. The third kappa shape index (κ3) is 1.17. The molecule has 0 aromatic carbocycles. The molecule has 3 heteroatoms. The molecule has 1 radical (unpaired) electrons. The second-order valence-corrected chi connectivity index (χ2v) is 1.78. The van der Waals surface area contributed by atoms with Crippen molar-refractivity contribution in [2.75, 3.05) is 0 Å². The van der Waals surface area contributed by atoms with E-state index in [-0.39, 0.29) is 0 Å². The highest BCUT2D eigenvalue weighted by Crippen LogP contribution is 1.99. The Morgan fingerprint density at radius 3 is 2.88 bits per heavy atom. The fourth-order valence-corrected chi connectivity index (χ4v) is 0.569. The molecule has 8 heavy (non-hydrogen) atoms. The third-order valence-electron chi connectivity index (χ3n) is 0.672. The molecule has 0 unspecified atom stereocenters. The molecule has 0 N–H and O–H groups in total. The zero-order valence-corrected chi connectivity index (χ0v) is 5.11. The lowest BCUT2D eigenvalue weighted by Crippen LogP contribution is -1.82. The van der Waals surface area contributed by atoms with Crippen LogP contribution in [0.25, 0.3) is 0 Å². The Labute approximate surface area is 52.5 Å². The van der Waals surface area contributed by atoms with Crippen LogP contribution in [-0.4, -0.2) is 9.97 Å². The van der Waals surface area contributed by atoms with E-state index in [1.807, 2.05) is 0 Å². The smallest absolute Gasteiger partial charge is 0.147 e. The molecule has 1 aromatic rings. The number of aryl methyl sites for hydroxylation is 1. The summed E-state index contributed by atoms with van der Waals surface area (Å²) < 4.78 is 0. The minimum absolute atomic E-state index is 0.418. The van der Waals surface area contributed by atoms with Crippen LogP contribution in [0.2, 0.25) is 5.15 Å². The number of halogens is 1. The molecule has 0 aliphatic rings. The van der Waals surface area contributed by atoms with Crippen molar-refractivity contribution in [1.29, 1.82) is 0 Å². The van der Waals surface area contributed by atoms with Gasteiger partial charge in [0, 0.05) is 0 Å². The molecule has 0 aliphatic heterocycles. The van der Waals surface area contributed by atoms with E-state index in [2.05, 4.69) is 16.2 Å². The molecule has 0 aliphatic carbocycles. The fraction of sp³-hybridized carbons (Fsp3) is 0.200. The number of hydrogen-bond donors (Lipinski definition) is 0. The average molecular weight is 128 g/mol. The molecule has 2 nitrogen and oxygen atoms in total. The monoisotopic (exact) mass is 127 g/mol. The van der Waals surface area contributed by atoms with E-state index in [1.54, 1.807) is 6.92 Å². The molecule has 1 heterocycles. The van der Waals surface area contributed by atoms with Gasteiger partial charge in [0.05, 0.1) is 11.9 Å². The summed E-state index contributed by atoms with van der Waals surface area (Å²) in [5.41, 5.74) is 0.720. The van der Waals surface area contributed by atoms with Gasteiger partial charge >= 0.3 is 0 Å². The van der Waals surface area contributed by atoms with E-state index in [4.69, 9.17) is 11.6 Å². The van der Waals surface area contributed by atoms with Gasteiger partial charge in [0.25, 0.3) is 0 Å². The van der Waals surface area contributed by atoms with Gasteiger partial charge in [-0.05, 0) is 6.92 Å². The Kier molecular flexibility index (Phi) is 1.44. The molecule has 1 aromatic heterocycles. The van der Waals surface area contributed by atoms with Crippen molar-refractivity contribution in [3.05, 3.63) is 23.2 Å². The van der Waals surface area contributed by atoms with Gasteiger partial charge < -0.3 is 0 Å². The fourth-order valence-electron chi connectivity index (χ4n) is 0.393. The van der Waals surface area contributed by atoms with Gasteiger partial charge in [-0.25, -0.2) is 9.97 Å². The summed E-state index contributed by atoms with van der Waals surface area (Å²) in [6.07, 6.45) is 4.08. The normalized spacial score (nSPS) is 9.25. The minimum atomic E-state index is 0.418. The second kappa shape index (κ2) is 2.09. The second-order valence-electron chi connectivity index (χ2n) is 1.39. The highest BCUT2D eigenvalue weighted by atomic mass is 35.5. The summed E-state index contributed by atoms with van der Waals surface area (Å²) in [6.45, 7) is 1.79. The predicted octanol–water partition coefficient (Wildman–Crippen LogP) is 1.24. The number of hydrogen-bond acceptors (Lipinski definition) is 2. The van der Waals surface area contributed by atoms with Crippen molar-refractivity contribution in [3.63, 3.8) is 0 Å². The Bertz CT molecular complexity index is 170. The van der Waals surface area contributed by atoms with Gasteiger partial charge in [0.1, 0.15) is 11.3 Å². The Morgan fingerprint density at radius 1 is 1.75 bits per heavy atom. The van der Waals surface area contributed by atoms with E-state index in [0.717, 1.165) is 5.69 Å². The lowest BCUT2D eigenvalue weighted by molar-refractivity contribution is 1.11. The summed E-state index contributed by atoms with van der Waals surface area (Å²) in [4.78, 5) is 7.49. The van der Waals surface area contributed by atoms with Gasteiger partial charge in [-0.15, -0.1) is 0 Å². The van der Waals surface area contributed by atoms with Crippen LogP contribution in [0.3, 0.4) is 0 Å². The maximum Gasteiger partial charge on any atom is 0.147 e. The van der Waals surface area contributed by atoms with Crippen LogP contribution in [0.1, 0.15) is 5.69 Å². The van der Waals surface area contributed by atoms with Crippen molar-refractivity contribution in [2.45, 2.75) is 6.92 Å². The van der Waals surface area contributed by atoms with Crippen LogP contribution in [0.15, 0.2) is 6.20 Å². The summed E-state index contributed by atoms with van der Waals surface area (Å²) in [7, 11) is 0. The van der Waals surface area contributed by atoms with Crippen molar-refractivity contribution in [1.82, 2.24) is 9.97 Å². The number of rotatable bonds is 0. The zero-order valence-electron chi connectivity index (χ0n) is 4.35. The maximum absolute atomic E-state index is 5.45. The number of nitrogens with zero attached hydrogens (tertiary/aromatic N) is 2.